The molecule has 0 aromatic heterocycles. The number of azo groups is 1. The molecule has 0 aliphatic heterocycles. The van der Waals surface area contributed by atoms with Gasteiger partial charge in [-0.25, -0.2) is 0 Å². The highest BCUT2D eigenvalue weighted by Gasteiger charge is 2.24. The zero-order chi connectivity index (χ0) is 23.8. The summed E-state index contributed by atoms with van der Waals surface area (Å²) in [5.74, 6) is -0.122. The first kappa shape index (κ1) is 24.4. The molecule has 2 aromatic rings. The van der Waals surface area contributed by atoms with Crippen molar-refractivity contribution in [3.63, 3.8) is 0 Å². The van der Waals surface area contributed by atoms with Crippen molar-refractivity contribution in [1.29, 1.82) is 0 Å². The number of halogens is 1. The number of hydrogen-bond donors (Lipinski definition) is 2. The van der Waals surface area contributed by atoms with E-state index in [9.17, 15) is 25.0 Å². The minimum atomic E-state index is -0.866. The molecule has 0 heterocycles. The van der Waals surface area contributed by atoms with E-state index in [1.807, 2.05) is 0 Å². The van der Waals surface area contributed by atoms with Gasteiger partial charge in [-0.1, -0.05) is 18.5 Å². The predicted molar refractivity (Wildman–Crippen MR) is 116 cm³/mol. The molecule has 14 heteroatoms. The second-order valence-corrected chi connectivity index (χ2v) is 6.57. The molecule has 0 unspecified atom stereocenters. The van der Waals surface area contributed by atoms with Crippen LogP contribution in [0.3, 0.4) is 0 Å². The molecule has 0 bridgehead atoms. The maximum absolute atomic E-state index is 11.9. The Bertz CT molecular complexity index is 1080. The summed E-state index contributed by atoms with van der Waals surface area (Å²) in [4.78, 5) is 32.5. The lowest BCUT2D eigenvalue weighted by atomic mass is 10.2. The van der Waals surface area contributed by atoms with Crippen LogP contribution in [0.25, 0.3) is 0 Å². The van der Waals surface area contributed by atoms with Crippen LogP contribution in [0.1, 0.15) is 13.3 Å². The fourth-order valence-corrected chi connectivity index (χ4v) is 2.63. The van der Waals surface area contributed by atoms with E-state index >= 15 is 0 Å². The summed E-state index contributed by atoms with van der Waals surface area (Å²) in [6.45, 7) is 2.11. The normalized spacial score (nSPS) is 10.8. The molecule has 32 heavy (non-hydrogen) atoms. The number of nitrogens with zero attached hydrogens (tertiary/aromatic N) is 4. The predicted octanol–water partition coefficient (Wildman–Crippen LogP) is 4.53. The number of nitrogens with two attached hydrogens (primary N) is 1. The number of hydrogen-bond acceptors (Lipinski definition) is 10. The van der Waals surface area contributed by atoms with Crippen LogP contribution in [-0.4, -0.2) is 36.1 Å². The average Bonchev–Trinajstić information content (AvgIpc) is 2.74. The number of amides is 1. The van der Waals surface area contributed by atoms with Gasteiger partial charge in [-0.15, -0.1) is 10.2 Å². The molecule has 3 N–H and O–H groups in total. The maximum Gasteiger partial charge on any atom is 0.305 e. The monoisotopic (exact) mass is 466 g/mol. The van der Waals surface area contributed by atoms with Gasteiger partial charge in [0.25, 0.3) is 5.69 Å². The molecular weight excluding hydrogens is 448 g/mol. The van der Waals surface area contributed by atoms with E-state index in [0.717, 1.165) is 12.1 Å². The first-order valence-electron chi connectivity index (χ1n) is 9.07. The summed E-state index contributed by atoms with van der Waals surface area (Å²) in [5.41, 5.74) is 4.74. The number of nitro benzene ring substituents is 2. The Morgan fingerprint density at radius 1 is 1.16 bits per heavy atom. The van der Waals surface area contributed by atoms with Gasteiger partial charge in [0.2, 0.25) is 5.91 Å². The highest BCUT2D eigenvalue weighted by atomic mass is 35.5. The van der Waals surface area contributed by atoms with Gasteiger partial charge in [-0.2, -0.15) is 0 Å². The fourth-order valence-electron chi connectivity index (χ4n) is 2.39. The average molecular weight is 467 g/mol. The summed E-state index contributed by atoms with van der Waals surface area (Å²) >= 11 is 5.99. The lowest BCUT2D eigenvalue weighted by Gasteiger charge is -2.13. The van der Waals surface area contributed by atoms with Gasteiger partial charge < -0.3 is 20.5 Å². The Morgan fingerprint density at radius 2 is 1.88 bits per heavy atom. The van der Waals surface area contributed by atoms with Crippen molar-refractivity contribution < 1.29 is 24.1 Å². The van der Waals surface area contributed by atoms with Crippen molar-refractivity contribution in [3.05, 3.63) is 49.5 Å². The van der Waals surface area contributed by atoms with Crippen LogP contribution in [0, 0.1) is 20.2 Å². The zero-order valence-electron chi connectivity index (χ0n) is 17.0. The van der Waals surface area contributed by atoms with Crippen LogP contribution in [0.15, 0.2) is 34.5 Å². The van der Waals surface area contributed by atoms with E-state index in [2.05, 4.69) is 15.5 Å². The van der Waals surface area contributed by atoms with Crippen molar-refractivity contribution in [3.8, 4) is 5.75 Å². The molecule has 0 fully saturated rings. The van der Waals surface area contributed by atoms with E-state index in [-0.39, 0.29) is 53.4 Å². The largest absolute Gasteiger partial charge is 0.489 e. The van der Waals surface area contributed by atoms with Crippen molar-refractivity contribution in [2.75, 3.05) is 31.4 Å². The van der Waals surface area contributed by atoms with Crippen LogP contribution < -0.4 is 15.8 Å². The second-order valence-electron chi connectivity index (χ2n) is 6.16. The number of nitrogens with one attached hydrogen (secondary N) is 1. The topological polar surface area (TPSA) is 185 Å². The smallest absolute Gasteiger partial charge is 0.305 e. The van der Waals surface area contributed by atoms with Gasteiger partial charge in [0.15, 0.2) is 5.69 Å². The van der Waals surface area contributed by atoms with E-state index < -0.39 is 26.9 Å². The van der Waals surface area contributed by atoms with Gasteiger partial charge in [-0.05, 0) is 6.07 Å². The number of carbonyl (C=O) groups is 1. The number of ether oxygens (including phenoxy) is 2. The van der Waals surface area contributed by atoms with Crippen LogP contribution in [-0.2, 0) is 9.53 Å². The number of carbonyl (C=O) groups excluding carboxylic acids is 1. The maximum atomic E-state index is 11.9. The van der Waals surface area contributed by atoms with Crippen LogP contribution in [0.2, 0.25) is 5.02 Å². The number of nitrogen functional groups attached to an aromatic ring is 1. The summed E-state index contributed by atoms with van der Waals surface area (Å²) in [6, 6.07) is 4.42. The minimum Gasteiger partial charge on any atom is -0.489 e. The minimum absolute atomic E-state index is 0.0668. The molecule has 1 amide bonds. The number of non-ortho nitro benzene ring substituents is 1. The molecule has 0 spiro atoms. The highest BCUT2D eigenvalue weighted by molar-refractivity contribution is 6.33. The molecule has 0 saturated heterocycles. The molecule has 170 valence electrons. The van der Waals surface area contributed by atoms with Crippen LogP contribution in [0.5, 0.6) is 5.75 Å². The Hall–Kier alpha value is -3.84. The molecule has 0 atom stereocenters. The lowest BCUT2D eigenvalue weighted by molar-refractivity contribution is -0.393. The van der Waals surface area contributed by atoms with E-state index in [4.69, 9.17) is 26.8 Å². The van der Waals surface area contributed by atoms with Crippen molar-refractivity contribution in [2.45, 2.75) is 13.3 Å². The first-order chi connectivity index (χ1) is 15.2. The molecule has 0 aliphatic rings. The number of methoxy groups -OCH3 is 1. The van der Waals surface area contributed by atoms with Gasteiger partial charge in [-0.3, -0.25) is 25.0 Å². The Kier molecular flexibility index (Phi) is 8.38. The van der Waals surface area contributed by atoms with Crippen molar-refractivity contribution in [1.82, 2.24) is 0 Å². The Morgan fingerprint density at radius 3 is 2.47 bits per heavy atom. The second kappa shape index (κ2) is 11.0. The Balaban J connectivity index is 2.55. The summed E-state index contributed by atoms with van der Waals surface area (Å²) in [7, 11) is 1.50. The van der Waals surface area contributed by atoms with E-state index in [0.29, 0.717) is 0 Å². The number of benzene rings is 2. The van der Waals surface area contributed by atoms with Crippen molar-refractivity contribution in [2.24, 2.45) is 10.2 Å². The molecule has 0 saturated carbocycles. The number of nitro groups is 2. The molecule has 13 nitrogen and oxygen atoms in total. The zero-order valence-corrected chi connectivity index (χ0v) is 17.8. The first-order valence-corrected chi connectivity index (χ1v) is 9.44. The van der Waals surface area contributed by atoms with Gasteiger partial charge in [0.05, 0.1) is 38.9 Å². The Labute approximate surface area is 186 Å². The summed E-state index contributed by atoms with van der Waals surface area (Å²) in [5, 5.41) is 32.4. The highest BCUT2D eigenvalue weighted by Crippen LogP contribution is 2.41. The van der Waals surface area contributed by atoms with Crippen LogP contribution in [0.4, 0.5) is 34.1 Å². The van der Waals surface area contributed by atoms with Gasteiger partial charge >= 0.3 is 5.69 Å². The SMILES string of the molecule is CCC(=O)Nc1cc(N)c(OCCOC)cc1N=Nc1c(Cl)cc([N+](=O)[O-])cc1[N+](=O)[O-]. The number of rotatable bonds is 10. The molecule has 0 radical (unpaired) electrons. The van der Waals surface area contributed by atoms with E-state index in [1.54, 1.807) is 6.92 Å². The lowest BCUT2D eigenvalue weighted by Crippen LogP contribution is -2.11. The van der Waals surface area contributed by atoms with Gasteiger partial charge in [0.1, 0.15) is 18.0 Å². The van der Waals surface area contributed by atoms with Gasteiger partial charge in [0, 0.05) is 25.7 Å². The quantitative estimate of drug-likeness (QED) is 0.168. The molecule has 2 aromatic carbocycles. The number of anilines is 2. The molecule has 2 rings (SSSR count). The fraction of sp³-hybridized carbons (Fsp3) is 0.278. The molecular formula is C18H19ClN6O7. The third-order valence-electron chi connectivity index (χ3n) is 3.96. The third-order valence-corrected chi connectivity index (χ3v) is 4.25. The standard InChI is InChI=1S/C18H19ClN6O7/c1-3-17(26)21-13-8-12(20)16(32-5-4-31-2)9-14(13)22-23-18-11(19)6-10(24(27)28)7-15(18)25(29)30/h6-9H,3-5,20H2,1-2H3,(H,21,26). The summed E-state index contributed by atoms with van der Waals surface area (Å²) in [6.07, 6.45) is 0.169. The summed E-state index contributed by atoms with van der Waals surface area (Å²) < 4.78 is 10.4. The van der Waals surface area contributed by atoms with E-state index in [1.165, 1.54) is 19.2 Å². The van der Waals surface area contributed by atoms with Crippen molar-refractivity contribution >= 4 is 51.6 Å². The molecule has 0 aliphatic carbocycles. The third kappa shape index (κ3) is 6.09. The van der Waals surface area contributed by atoms with Crippen LogP contribution >= 0.6 is 11.6 Å².